The van der Waals surface area contributed by atoms with E-state index in [0.717, 1.165) is 39.0 Å². The summed E-state index contributed by atoms with van der Waals surface area (Å²) in [6.07, 6.45) is 3.64. The molecule has 2 aromatic heterocycles. The molecule has 42 heavy (non-hydrogen) atoms. The van der Waals surface area contributed by atoms with Crippen molar-refractivity contribution < 1.29 is 4.42 Å². The van der Waals surface area contributed by atoms with Crippen molar-refractivity contribution in [2.45, 2.75) is 0 Å². The van der Waals surface area contributed by atoms with E-state index in [9.17, 15) is 0 Å². The molecule has 0 atom stereocenters. The maximum Gasteiger partial charge on any atom is 0.138 e. The number of para-hydroxylation sites is 1. The Morgan fingerprint density at radius 3 is 1.98 bits per heavy atom. The number of rotatable bonds is 4. The first kappa shape index (κ1) is 23.1. The van der Waals surface area contributed by atoms with E-state index in [4.69, 9.17) is 4.42 Å². The van der Waals surface area contributed by atoms with Crippen LogP contribution in [-0.2, 0) is 0 Å². The fourth-order valence-electron chi connectivity index (χ4n) is 6.62. The van der Waals surface area contributed by atoms with Crippen LogP contribution in [0, 0.1) is 0 Å². The van der Waals surface area contributed by atoms with Crippen molar-refractivity contribution in [1.29, 1.82) is 0 Å². The monoisotopic (exact) mass is 536 g/mol. The third-order valence-electron chi connectivity index (χ3n) is 8.51. The highest BCUT2D eigenvalue weighted by atomic mass is 16.3. The van der Waals surface area contributed by atoms with Crippen molar-refractivity contribution in [2.75, 3.05) is 4.90 Å². The van der Waals surface area contributed by atoms with Crippen LogP contribution in [0.25, 0.3) is 66.1 Å². The Kier molecular flexibility index (Phi) is 4.90. The van der Waals surface area contributed by atoms with E-state index in [2.05, 4.69) is 131 Å². The minimum absolute atomic E-state index is 0.848. The van der Waals surface area contributed by atoms with Gasteiger partial charge in [0.15, 0.2) is 0 Å². The van der Waals surface area contributed by atoms with E-state index in [-0.39, 0.29) is 0 Å². The fraction of sp³-hybridized carbons (Fsp3) is 0. The summed E-state index contributed by atoms with van der Waals surface area (Å²) in [6, 6.07) is 47.7. The van der Waals surface area contributed by atoms with Gasteiger partial charge in [0.1, 0.15) is 11.2 Å². The summed E-state index contributed by atoms with van der Waals surface area (Å²) < 4.78 is 6.21. The first-order valence-electron chi connectivity index (χ1n) is 14.2. The number of aromatic nitrogens is 1. The topological polar surface area (TPSA) is 29.3 Å². The summed E-state index contributed by atoms with van der Waals surface area (Å²) in [7, 11) is 0. The molecule has 0 amide bonds. The number of hydrogen-bond acceptors (Lipinski definition) is 3. The molecule has 0 fully saturated rings. The molecule has 0 N–H and O–H groups in total. The first-order valence-corrected chi connectivity index (χ1v) is 14.2. The molecule has 6 aromatic carbocycles. The third-order valence-corrected chi connectivity index (χ3v) is 8.51. The Balaban J connectivity index is 1.16. The van der Waals surface area contributed by atoms with Crippen molar-refractivity contribution >= 4 is 49.8 Å². The molecule has 1 aliphatic carbocycles. The lowest BCUT2D eigenvalue weighted by Gasteiger charge is -2.25. The highest BCUT2D eigenvalue weighted by Crippen LogP contribution is 2.49. The molecule has 9 rings (SSSR count). The zero-order chi connectivity index (χ0) is 27.6. The van der Waals surface area contributed by atoms with Crippen LogP contribution in [0.5, 0.6) is 0 Å². The summed E-state index contributed by atoms with van der Waals surface area (Å²) in [5.41, 5.74) is 12.6. The van der Waals surface area contributed by atoms with Gasteiger partial charge in [0.25, 0.3) is 0 Å². The minimum atomic E-state index is 0.848. The lowest BCUT2D eigenvalue weighted by molar-refractivity contribution is 0.668. The van der Waals surface area contributed by atoms with Gasteiger partial charge in [0.05, 0.1) is 0 Å². The van der Waals surface area contributed by atoms with E-state index < -0.39 is 0 Å². The first-order chi connectivity index (χ1) is 20.8. The molecule has 0 radical (unpaired) electrons. The summed E-state index contributed by atoms with van der Waals surface area (Å²) in [5.74, 6) is 0. The van der Waals surface area contributed by atoms with E-state index in [1.165, 1.54) is 44.2 Å². The Morgan fingerprint density at radius 2 is 1.14 bits per heavy atom. The average molecular weight is 537 g/mol. The molecule has 8 aromatic rings. The van der Waals surface area contributed by atoms with Gasteiger partial charge in [-0.1, -0.05) is 84.9 Å². The molecule has 3 nitrogen and oxygen atoms in total. The van der Waals surface area contributed by atoms with E-state index in [0.29, 0.717) is 0 Å². The van der Waals surface area contributed by atoms with Crippen molar-refractivity contribution in [3.8, 4) is 33.4 Å². The van der Waals surface area contributed by atoms with Gasteiger partial charge in [0, 0.05) is 46.3 Å². The quantitative estimate of drug-likeness (QED) is 0.224. The molecular formula is C39H24N2O. The van der Waals surface area contributed by atoms with Crippen LogP contribution < -0.4 is 4.90 Å². The average Bonchev–Trinajstić information content (AvgIpc) is 3.59. The van der Waals surface area contributed by atoms with Crippen molar-refractivity contribution in [1.82, 2.24) is 4.98 Å². The highest BCUT2D eigenvalue weighted by Gasteiger charge is 2.22. The van der Waals surface area contributed by atoms with Gasteiger partial charge in [-0.3, -0.25) is 4.98 Å². The van der Waals surface area contributed by atoms with Crippen LogP contribution in [-0.4, -0.2) is 4.98 Å². The second kappa shape index (κ2) is 8.92. The molecule has 0 unspecified atom stereocenters. The van der Waals surface area contributed by atoms with Crippen molar-refractivity contribution in [3.63, 3.8) is 0 Å². The van der Waals surface area contributed by atoms with Gasteiger partial charge < -0.3 is 9.32 Å². The number of fused-ring (bicyclic) bond motifs is 6. The van der Waals surface area contributed by atoms with E-state index in [1.54, 1.807) is 6.20 Å². The van der Waals surface area contributed by atoms with Gasteiger partial charge >= 0.3 is 0 Å². The van der Waals surface area contributed by atoms with Crippen LogP contribution in [0.15, 0.2) is 150 Å². The Bertz CT molecular complexity index is 2270. The zero-order valence-electron chi connectivity index (χ0n) is 22.7. The normalized spacial score (nSPS) is 11.8. The smallest absolute Gasteiger partial charge is 0.138 e. The van der Waals surface area contributed by atoms with E-state index in [1.807, 2.05) is 18.3 Å². The van der Waals surface area contributed by atoms with Gasteiger partial charge in [-0.05, 0) is 86.6 Å². The molecule has 0 saturated heterocycles. The SMILES string of the molecule is c1ccc(N(c2ccc(-c3ccc4c5c(cccc35)-c3ccccc3-4)cc2)c2ccc3c(c2)oc2ccncc23)cc1. The number of pyridine rings is 1. The number of hydrogen-bond donors (Lipinski definition) is 0. The van der Waals surface area contributed by atoms with Crippen LogP contribution in [0.4, 0.5) is 17.1 Å². The maximum atomic E-state index is 6.21. The van der Waals surface area contributed by atoms with Gasteiger partial charge in [-0.25, -0.2) is 0 Å². The number of furan rings is 1. The van der Waals surface area contributed by atoms with Gasteiger partial charge in [-0.2, -0.15) is 0 Å². The molecule has 0 aliphatic heterocycles. The van der Waals surface area contributed by atoms with Crippen LogP contribution in [0.2, 0.25) is 0 Å². The zero-order valence-corrected chi connectivity index (χ0v) is 22.7. The Labute approximate surface area is 242 Å². The molecule has 0 saturated carbocycles. The molecule has 1 aliphatic rings. The van der Waals surface area contributed by atoms with E-state index >= 15 is 0 Å². The Hall–Kier alpha value is -5.67. The highest BCUT2D eigenvalue weighted by molar-refractivity contribution is 6.18. The lowest BCUT2D eigenvalue weighted by atomic mass is 9.94. The summed E-state index contributed by atoms with van der Waals surface area (Å²) in [6.45, 7) is 0. The molecule has 196 valence electrons. The molecule has 2 heterocycles. The van der Waals surface area contributed by atoms with Crippen LogP contribution in [0.1, 0.15) is 0 Å². The van der Waals surface area contributed by atoms with Crippen molar-refractivity contribution in [2.24, 2.45) is 0 Å². The summed E-state index contributed by atoms with van der Waals surface area (Å²) in [5, 5.41) is 4.74. The van der Waals surface area contributed by atoms with Crippen LogP contribution in [0.3, 0.4) is 0 Å². The molecule has 3 heteroatoms. The predicted molar refractivity (Wildman–Crippen MR) is 174 cm³/mol. The largest absolute Gasteiger partial charge is 0.456 e. The van der Waals surface area contributed by atoms with Gasteiger partial charge in [-0.15, -0.1) is 0 Å². The number of anilines is 3. The number of benzene rings is 6. The third kappa shape index (κ3) is 3.37. The predicted octanol–water partition coefficient (Wildman–Crippen LogP) is 10.9. The molecule has 0 bridgehead atoms. The molecular weight excluding hydrogens is 512 g/mol. The minimum Gasteiger partial charge on any atom is -0.456 e. The lowest BCUT2D eigenvalue weighted by Crippen LogP contribution is -2.09. The molecule has 0 spiro atoms. The fourth-order valence-corrected chi connectivity index (χ4v) is 6.62. The van der Waals surface area contributed by atoms with Crippen molar-refractivity contribution in [3.05, 3.63) is 146 Å². The Morgan fingerprint density at radius 1 is 0.452 bits per heavy atom. The summed E-state index contributed by atoms with van der Waals surface area (Å²) >= 11 is 0. The maximum absolute atomic E-state index is 6.21. The number of nitrogens with zero attached hydrogens (tertiary/aromatic N) is 2. The standard InChI is InChI=1S/C39H24N2O/c1-2-7-26(8-3-1)41(28-17-18-32-36-24-40-22-21-37(36)42-38(32)23-28)27-15-13-25(14-16-27)29-19-20-35-31-10-5-4-9-30(31)34-12-6-11-33(29)39(34)35/h1-24H. The van der Waals surface area contributed by atoms with Crippen LogP contribution >= 0.6 is 0 Å². The van der Waals surface area contributed by atoms with Gasteiger partial charge in [0.2, 0.25) is 0 Å². The second-order valence-electron chi connectivity index (χ2n) is 10.8. The summed E-state index contributed by atoms with van der Waals surface area (Å²) in [4.78, 5) is 6.57. The second-order valence-corrected chi connectivity index (χ2v) is 10.8.